The van der Waals surface area contributed by atoms with Crippen LogP contribution in [0.5, 0.6) is 5.75 Å². The predicted molar refractivity (Wildman–Crippen MR) is 76.3 cm³/mol. The van der Waals surface area contributed by atoms with Gasteiger partial charge < -0.3 is 15.2 Å². The van der Waals surface area contributed by atoms with Crippen molar-refractivity contribution >= 4 is 21.9 Å². The number of nitrogens with one attached hydrogen (secondary N) is 2. The molecule has 3 N–H and O–H groups in total. The van der Waals surface area contributed by atoms with Gasteiger partial charge in [-0.15, -0.1) is 0 Å². The van der Waals surface area contributed by atoms with E-state index in [0.717, 1.165) is 6.07 Å². The number of carbonyl (C=O) groups excluding carboxylic acids is 1. The topological polar surface area (TPSA) is 122 Å². The van der Waals surface area contributed by atoms with E-state index in [9.17, 15) is 18.0 Å². The van der Waals surface area contributed by atoms with Gasteiger partial charge in [-0.2, -0.15) is 4.72 Å². The van der Waals surface area contributed by atoms with Crippen LogP contribution in [0.2, 0.25) is 0 Å². The molecule has 1 atom stereocenters. The lowest BCUT2D eigenvalue weighted by Crippen LogP contribution is -2.50. The van der Waals surface area contributed by atoms with E-state index in [2.05, 4.69) is 10.0 Å². The molecule has 1 aromatic rings. The van der Waals surface area contributed by atoms with Crippen LogP contribution in [0.15, 0.2) is 23.1 Å². The van der Waals surface area contributed by atoms with Gasteiger partial charge in [0.2, 0.25) is 15.9 Å². The number of rotatable bonds is 5. The number of hydrogen-bond acceptors (Lipinski definition) is 5. The smallest absolute Gasteiger partial charge is 0.335 e. The Bertz CT molecular complexity index is 700. The van der Waals surface area contributed by atoms with E-state index in [1.54, 1.807) is 0 Å². The van der Waals surface area contributed by atoms with Gasteiger partial charge in [-0.3, -0.25) is 4.79 Å². The Hall–Kier alpha value is -2.13. The molecule has 1 aliphatic rings. The molecule has 1 aromatic carbocycles. The van der Waals surface area contributed by atoms with Crippen molar-refractivity contribution in [2.24, 2.45) is 0 Å². The highest BCUT2D eigenvalue weighted by atomic mass is 32.2. The lowest BCUT2D eigenvalue weighted by molar-refractivity contribution is -0.124. The molecule has 120 valence electrons. The fourth-order valence-corrected chi connectivity index (χ4v) is 3.58. The molecule has 1 amide bonds. The third kappa shape index (κ3) is 3.37. The summed E-state index contributed by atoms with van der Waals surface area (Å²) in [6.45, 7) is 0.509. The summed E-state index contributed by atoms with van der Waals surface area (Å²) in [4.78, 5) is 22.4. The van der Waals surface area contributed by atoms with Gasteiger partial charge in [0.1, 0.15) is 16.7 Å². The molecule has 0 aromatic heterocycles. The van der Waals surface area contributed by atoms with Crippen molar-refractivity contribution in [3.63, 3.8) is 0 Å². The summed E-state index contributed by atoms with van der Waals surface area (Å²) in [5, 5.41) is 11.6. The normalized spacial score (nSPS) is 18.6. The Morgan fingerprint density at radius 1 is 1.45 bits per heavy atom. The molecule has 1 aliphatic heterocycles. The van der Waals surface area contributed by atoms with Gasteiger partial charge in [-0.05, 0) is 31.0 Å². The van der Waals surface area contributed by atoms with Gasteiger partial charge >= 0.3 is 5.97 Å². The van der Waals surface area contributed by atoms with Crippen molar-refractivity contribution in [3.8, 4) is 5.75 Å². The van der Waals surface area contributed by atoms with Gasteiger partial charge in [0.15, 0.2) is 0 Å². The molecule has 2 rings (SSSR count). The minimum atomic E-state index is -4.09. The summed E-state index contributed by atoms with van der Waals surface area (Å²) in [7, 11) is -2.81. The van der Waals surface area contributed by atoms with Gasteiger partial charge in [0.05, 0.1) is 12.7 Å². The highest BCUT2D eigenvalue weighted by molar-refractivity contribution is 7.89. The molecule has 0 aliphatic carbocycles. The van der Waals surface area contributed by atoms with E-state index < -0.39 is 27.9 Å². The van der Waals surface area contributed by atoms with Gasteiger partial charge in [0.25, 0.3) is 0 Å². The number of amides is 1. The minimum Gasteiger partial charge on any atom is -0.495 e. The van der Waals surface area contributed by atoms with Crippen LogP contribution in [0.1, 0.15) is 23.2 Å². The second kappa shape index (κ2) is 6.32. The number of hydrogen-bond donors (Lipinski definition) is 3. The Balaban J connectivity index is 2.37. The molecule has 0 saturated carbocycles. The first-order valence-corrected chi connectivity index (χ1v) is 8.05. The van der Waals surface area contributed by atoms with Gasteiger partial charge in [0, 0.05) is 6.54 Å². The highest BCUT2D eigenvalue weighted by Gasteiger charge is 2.30. The quantitative estimate of drug-likeness (QED) is 0.697. The second-order valence-corrected chi connectivity index (χ2v) is 6.46. The maximum atomic E-state index is 12.4. The zero-order valence-corrected chi connectivity index (χ0v) is 12.6. The third-order valence-corrected chi connectivity index (χ3v) is 4.78. The second-order valence-electron chi connectivity index (χ2n) is 4.78. The molecular weight excluding hydrogens is 312 g/mol. The summed E-state index contributed by atoms with van der Waals surface area (Å²) in [6, 6.07) is 2.63. The maximum Gasteiger partial charge on any atom is 0.335 e. The van der Waals surface area contributed by atoms with Crippen LogP contribution >= 0.6 is 0 Å². The van der Waals surface area contributed by atoms with Crippen LogP contribution in [-0.2, 0) is 14.8 Å². The van der Waals surface area contributed by atoms with E-state index in [-0.39, 0.29) is 16.2 Å². The molecule has 1 fully saturated rings. The number of aromatic carboxylic acids is 1. The van der Waals surface area contributed by atoms with Gasteiger partial charge in [-0.25, -0.2) is 13.2 Å². The number of carbonyl (C=O) groups is 2. The standard InChI is InChI=1S/C13H16N2O6S/c1-21-10-5-4-8(13(17)18)7-11(10)22(19,20)15-9-3-2-6-14-12(9)16/h4-5,7,9,15H,2-3,6H2,1H3,(H,14,16)(H,17,18)/t9-/m1/s1. The molecule has 8 nitrogen and oxygen atoms in total. The third-order valence-electron chi connectivity index (χ3n) is 3.28. The number of benzene rings is 1. The lowest BCUT2D eigenvalue weighted by Gasteiger charge is -2.23. The molecule has 0 bridgehead atoms. The van der Waals surface area contributed by atoms with Crippen LogP contribution in [0.3, 0.4) is 0 Å². The molecule has 9 heteroatoms. The van der Waals surface area contributed by atoms with Crippen LogP contribution in [0.25, 0.3) is 0 Å². The van der Waals surface area contributed by atoms with Crippen LogP contribution in [0, 0.1) is 0 Å². The van der Waals surface area contributed by atoms with Crippen molar-refractivity contribution in [1.29, 1.82) is 0 Å². The summed E-state index contributed by atoms with van der Waals surface area (Å²) < 4.78 is 32.1. The predicted octanol–water partition coefficient (Wildman–Crippen LogP) is -0.0497. The zero-order valence-electron chi connectivity index (χ0n) is 11.8. The van der Waals surface area contributed by atoms with Crippen molar-refractivity contribution in [2.45, 2.75) is 23.8 Å². The Morgan fingerprint density at radius 3 is 2.77 bits per heavy atom. The number of methoxy groups -OCH3 is 1. The fourth-order valence-electron chi connectivity index (χ4n) is 2.16. The zero-order chi connectivity index (χ0) is 16.3. The SMILES string of the molecule is COc1ccc(C(=O)O)cc1S(=O)(=O)N[C@@H]1CCCNC1=O. The van der Waals surface area contributed by atoms with Crippen LogP contribution in [0.4, 0.5) is 0 Å². The van der Waals surface area contributed by atoms with E-state index in [0.29, 0.717) is 19.4 Å². The van der Waals surface area contributed by atoms with Gasteiger partial charge in [-0.1, -0.05) is 0 Å². The summed E-state index contributed by atoms with van der Waals surface area (Å²) >= 11 is 0. The van der Waals surface area contributed by atoms with Crippen molar-refractivity contribution < 1.29 is 27.9 Å². The Kier molecular flexibility index (Phi) is 4.67. The number of carboxylic acid groups (broad SMARTS) is 1. The molecule has 1 heterocycles. The van der Waals surface area contributed by atoms with E-state index in [1.165, 1.54) is 19.2 Å². The van der Waals surface area contributed by atoms with Crippen LogP contribution < -0.4 is 14.8 Å². The first kappa shape index (κ1) is 16.2. The van der Waals surface area contributed by atoms with E-state index >= 15 is 0 Å². The van der Waals surface area contributed by atoms with E-state index in [1.807, 2.05) is 0 Å². The lowest BCUT2D eigenvalue weighted by atomic mass is 10.1. The molecular formula is C13H16N2O6S. The fraction of sp³-hybridized carbons (Fsp3) is 0.385. The van der Waals surface area contributed by atoms with Crippen LogP contribution in [-0.4, -0.2) is 45.1 Å². The minimum absolute atomic E-state index is 0.00807. The summed E-state index contributed by atoms with van der Waals surface area (Å²) in [5.41, 5.74) is -0.186. The first-order valence-electron chi connectivity index (χ1n) is 6.56. The Morgan fingerprint density at radius 2 is 2.18 bits per heavy atom. The van der Waals surface area contributed by atoms with Crippen molar-refractivity contribution in [2.75, 3.05) is 13.7 Å². The summed E-state index contributed by atoms with van der Waals surface area (Å²) in [5.74, 6) is -1.65. The number of piperidine rings is 1. The Labute approximate surface area is 127 Å². The summed E-state index contributed by atoms with van der Waals surface area (Å²) in [6.07, 6.45) is 1.04. The number of carboxylic acids is 1. The monoisotopic (exact) mass is 328 g/mol. The first-order chi connectivity index (χ1) is 10.3. The molecule has 0 unspecified atom stereocenters. The van der Waals surface area contributed by atoms with Crippen molar-refractivity contribution in [3.05, 3.63) is 23.8 Å². The molecule has 1 saturated heterocycles. The molecule has 0 radical (unpaired) electrons. The average Bonchev–Trinajstić information content (AvgIpc) is 2.48. The highest BCUT2D eigenvalue weighted by Crippen LogP contribution is 2.25. The maximum absolute atomic E-state index is 12.4. The largest absolute Gasteiger partial charge is 0.495 e. The number of sulfonamides is 1. The number of ether oxygens (including phenoxy) is 1. The average molecular weight is 328 g/mol. The van der Waals surface area contributed by atoms with E-state index in [4.69, 9.17) is 9.84 Å². The molecule has 0 spiro atoms. The molecule has 22 heavy (non-hydrogen) atoms. The van der Waals surface area contributed by atoms with Crippen molar-refractivity contribution in [1.82, 2.24) is 10.0 Å².